The number of amides is 1. The number of halogens is 5. The van der Waals surface area contributed by atoms with Crippen molar-refractivity contribution in [1.29, 1.82) is 0 Å². The highest BCUT2D eigenvalue weighted by molar-refractivity contribution is 6.31. The predicted octanol–water partition coefficient (Wildman–Crippen LogP) is 3.64. The minimum atomic E-state index is -1.89. The predicted molar refractivity (Wildman–Crippen MR) is 137 cm³/mol. The molecule has 2 atom stereocenters. The molecular weight excluding hydrogens is 578 g/mol. The van der Waals surface area contributed by atoms with Gasteiger partial charge in [0.25, 0.3) is 5.56 Å². The number of hydroxylamine groups is 2. The fourth-order valence-corrected chi connectivity index (χ4v) is 3.97. The Morgan fingerprint density at radius 2 is 1.73 bits per heavy atom. The summed E-state index contributed by atoms with van der Waals surface area (Å²) in [5.74, 6) is -11.9. The van der Waals surface area contributed by atoms with Gasteiger partial charge in [0, 0.05) is 22.7 Å². The summed E-state index contributed by atoms with van der Waals surface area (Å²) in [5.41, 5.74) is -0.557. The molecule has 220 valence electrons. The Labute approximate surface area is 235 Å². The highest BCUT2D eigenvalue weighted by Crippen LogP contribution is 2.26. The third-order valence-corrected chi connectivity index (χ3v) is 6.15. The minimum absolute atomic E-state index is 0.0434. The van der Waals surface area contributed by atoms with Crippen LogP contribution in [0.4, 0.5) is 17.6 Å². The van der Waals surface area contributed by atoms with Crippen LogP contribution in [0.3, 0.4) is 0 Å². The van der Waals surface area contributed by atoms with E-state index in [0.717, 1.165) is 4.57 Å². The summed E-state index contributed by atoms with van der Waals surface area (Å²) >= 11 is 6.01. The van der Waals surface area contributed by atoms with Gasteiger partial charge in [0.05, 0.1) is 20.6 Å². The first-order valence-corrected chi connectivity index (χ1v) is 12.3. The molecule has 3 rings (SSSR count). The van der Waals surface area contributed by atoms with E-state index in [0.29, 0.717) is 15.6 Å². The molecule has 15 heteroatoms. The summed E-state index contributed by atoms with van der Waals surface area (Å²) < 4.78 is 60.8. The second-order valence-corrected chi connectivity index (χ2v) is 9.02. The second-order valence-electron chi connectivity index (χ2n) is 8.59. The van der Waals surface area contributed by atoms with E-state index < -0.39 is 77.3 Å². The van der Waals surface area contributed by atoms with Gasteiger partial charge in [-0.2, -0.15) is 8.78 Å². The maximum atomic E-state index is 14.0. The maximum absolute atomic E-state index is 14.0. The van der Waals surface area contributed by atoms with Crippen LogP contribution < -0.4 is 15.6 Å². The molecule has 0 bridgehead atoms. The number of aromatic nitrogens is 1. The van der Waals surface area contributed by atoms with Crippen LogP contribution in [-0.4, -0.2) is 54.3 Å². The molecule has 0 aliphatic carbocycles. The van der Waals surface area contributed by atoms with Gasteiger partial charge in [-0.25, -0.2) is 8.78 Å². The van der Waals surface area contributed by atoms with E-state index in [1.54, 1.807) is 25.1 Å². The molecule has 1 aromatic heterocycles. The number of carbonyl (C=O) groups is 3. The van der Waals surface area contributed by atoms with Crippen LogP contribution in [0, 0.1) is 23.3 Å². The average Bonchev–Trinajstić information content (AvgIpc) is 2.93. The van der Waals surface area contributed by atoms with Crippen LogP contribution in [0.2, 0.25) is 5.02 Å². The van der Waals surface area contributed by atoms with Crippen LogP contribution >= 0.6 is 11.6 Å². The molecule has 2 aromatic carbocycles. The molecule has 1 heterocycles. The van der Waals surface area contributed by atoms with Gasteiger partial charge in [0.2, 0.25) is 17.5 Å². The molecular formula is C26H24ClF4N3O7. The second kappa shape index (κ2) is 13.6. The Morgan fingerprint density at radius 1 is 1.07 bits per heavy atom. The van der Waals surface area contributed by atoms with Gasteiger partial charge < -0.3 is 19.5 Å². The Morgan fingerprint density at radius 3 is 2.34 bits per heavy atom. The monoisotopic (exact) mass is 601 g/mol. The fraction of sp³-hybridized carbons (Fsp3) is 0.308. The van der Waals surface area contributed by atoms with E-state index in [-0.39, 0.29) is 17.9 Å². The Balaban J connectivity index is 1.88. The molecule has 0 saturated carbocycles. The summed E-state index contributed by atoms with van der Waals surface area (Å²) in [4.78, 5) is 61.2. The average molecular weight is 602 g/mol. The number of benzene rings is 2. The van der Waals surface area contributed by atoms with Crippen molar-refractivity contribution < 1.29 is 46.4 Å². The number of pyridine rings is 1. The largest absolute Gasteiger partial charge is 0.479 e. The lowest BCUT2D eigenvalue weighted by Gasteiger charge is -2.23. The molecule has 1 N–H and O–H groups in total. The first kappa shape index (κ1) is 31.5. The van der Waals surface area contributed by atoms with Gasteiger partial charge in [-0.1, -0.05) is 24.6 Å². The molecule has 0 radical (unpaired) electrons. The van der Waals surface area contributed by atoms with Crippen molar-refractivity contribution in [3.63, 3.8) is 0 Å². The van der Waals surface area contributed by atoms with Crippen molar-refractivity contribution in [1.82, 2.24) is 15.1 Å². The lowest BCUT2D eigenvalue weighted by Crippen LogP contribution is -2.48. The van der Waals surface area contributed by atoms with Crippen molar-refractivity contribution in [2.24, 2.45) is 0 Å². The number of hydrogen-bond acceptors (Lipinski definition) is 8. The Kier molecular flexibility index (Phi) is 10.4. The number of ketones is 1. The number of rotatable bonds is 12. The van der Waals surface area contributed by atoms with Gasteiger partial charge in [-0.3, -0.25) is 24.0 Å². The van der Waals surface area contributed by atoms with Crippen LogP contribution in [0.15, 0.2) is 41.3 Å². The zero-order chi connectivity index (χ0) is 30.4. The molecule has 0 aliphatic heterocycles. The Bertz CT molecular complexity index is 1510. The van der Waals surface area contributed by atoms with Gasteiger partial charge in [-0.15, -0.1) is 0 Å². The van der Waals surface area contributed by atoms with Crippen molar-refractivity contribution >= 4 is 40.0 Å². The number of fused-ring (bicyclic) bond motifs is 1. The minimum Gasteiger partial charge on any atom is -0.479 e. The van der Waals surface area contributed by atoms with Crippen LogP contribution in [0.5, 0.6) is 5.75 Å². The van der Waals surface area contributed by atoms with Crippen molar-refractivity contribution in [2.45, 2.75) is 31.8 Å². The van der Waals surface area contributed by atoms with Gasteiger partial charge in [0.15, 0.2) is 23.2 Å². The summed E-state index contributed by atoms with van der Waals surface area (Å²) in [6.07, 6.45) is 0.617. The molecule has 1 unspecified atom stereocenters. The molecule has 10 nitrogen and oxygen atoms in total. The van der Waals surface area contributed by atoms with E-state index in [1.807, 2.05) is 0 Å². The third kappa shape index (κ3) is 7.39. The van der Waals surface area contributed by atoms with E-state index >= 15 is 0 Å². The number of ether oxygens (including phenoxy) is 1. The van der Waals surface area contributed by atoms with Crippen LogP contribution in [0.25, 0.3) is 10.8 Å². The van der Waals surface area contributed by atoms with E-state index in [1.165, 1.54) is 26.4 Å². The zero-order valence-corrected chi connectivity index (χ0v) is 22.6. The maximum Gasteiger partial charge on any atom is 0.330 e. The van der Waals surface area contributed by atoms with Crippen LogP contribution in [-0.2, 0) is 24.1 Å². The summed E-state index contributed by atoms with van der Waals surface area (Å²) in [6.45, 7) is 0.380. The Hall–Kier alpha value is -4.01. The number of hydrogen-bond donors (Lipinski definition) is 1. The molecule has 0 spiro atoms. The quantitative estimate of drug-likeness (QED) is 0.190. The lowest BCUT2D eigenvalue weighted by atomic mass is 10.1. The zero-order valence-electron chi connectivity index (χ0n) is 21.9. The van der Waals surface area contributed by atoms with Gasteiger partial charge >= 0.3 is 5.97 Å². The standard InChI is InChI=1S/C26H24ClF4N3O7/c1-4-19(34-8-7-13-5-6-14(27)9-15(13)26(34)38)25(37)32-18(11-21(36)41-33(2)39-3)20(35)12-40-24-22(30)16(28)10-17(29)23(24)31/h5-10,18-19H,4,11-12H2,1-3H3,(H,32,37)/t18?,19-/m0/s1. The molecule has 0 aliphatic rings. The summed E-state index contributed by atoms with van der Waals surface area (Å²) in [6, 6.07) is 3.29. The lowest BCUT2D eigenvalue weighted by molar-refractivity contribution is -0.318. The summed E-state index contributed by atoms with van der Waals surface area (Å²) in [5, 5.41) is 4.05. The topological polar surface area (TPSA) is 116 Å². The molecule has 3 aromatic rings. The van der Waals surface area contributed by atoms with Crippen molar-refractivity contribution in [3.8, 4) is 5.75 Å². The van der Waals surface area contributed by atoms with Crippen LogP contribution in [0.1, 0.15) is 25.8 Å². The summed E-state index contributed by atoms with van der Waals surface area (Å²) in [7, 11) is 2.39. The number of Topliss-reactive ketones (excluding diaryl/α,β-unsaturated/α-hetero) is 1. The first-order valence-electron chi connectivity index (χ1n) is 12.0. The third-order valence-electron chi connectivity index (χ3n) is 5.91. The van der Waals surface area contributed by atoms with Crippen molar-refractivity contribution in [3.05, 3.63) is 75.2 Å². The van der Waals surface area contributed by atoms with Gasteiger partial charge in [-0.05, 0) is 35.2 Å². The number of carbonyl (C=O) groups excluding carboxylic acids is 3. The normalized spacial score (nSPS) is 12.7. The highest BCUT2D eigenvalue weighted by atomic mass is 35.5. The van der Waals surface area contributed by atoms with E-state index in [9.17, 15) is 36.7 Å². The molecule has 0 saturated heterocycles. The molecule has 1 amide bonds. The van der Waals surface area contributed by atoms with E-state index in [2.05, 4.69) is 10.2 Å². The number of nitrogens with one attached hydrogen (secondary N) is 1. The molecule has 41 heavy (non-hydrogen) atoms. The van der Waals surface area contributed by atoms with Crippen molar-refractivity contribution in [2.75, 3.05) is 20.8 Å². The molecule has 0 fully saturated rings. The smallest absolute Gasteiger partial charge is 0.330 e. The first-order chi connectivity index (χ1) is 19.4. The number of nitrogens with zero attached hydrogens (tertiary/aromatic N) is 2. The highest BCUT2D eigenvalue weighted by Gasteiger charge is 2.31. The van der Waals surface area contributed by atoms with E-state index in [4.69, 9.17) is 21.2 Å². The fourth-order valence-electron chi connectivity index (χ4n) is 3.80. The SMILES string of the molecule is CC[C@@H](C(=O)NC(CC(=O)ON(C)OC)C(=O)COc1c(F)c(F)cc(F)c1F)n1ccc2ccc(Cl)cc2c1=O. The van der Waals surface area contributed by atoms with Gasteiger partial charge in [0.1, 0.15) is 18.7 Å².